The second-order valence-corrected chi connectivity index (χ2v) is 4.16. The Bertz CT molecular complexity index is 528. The summed E-state index contributed by atoms with van der Waals surface area (Å²) in [7, 11) is 0. The number of rotatable bonds is 3. The van der Waals surface area contributed by atoms with Crippen molar-refractivity contribution in [3.05, 3.63) is 35.3 Å². The van der Waals surface area contributed by atoms with Crippen molar-refractivity contribution in [2.45, 2.75) is 33.6 Å². The average Bonchev–Trinajstić information content (AvgIpc) is 2.72. The van der Waals surface area contributed by atoms with Gasteiger partial charge in [-0.05, 0) is 37.5 Å². The number of aromatic nitrogens is 3. The fourth-order valence-electron chi connectivity index (χ4n) is 1.89. The van der Waals surface area contributed by atoms with Gasteiger partial charge in [0.2, 0.25) is 0 Å². The van der Waals surface area contributed by atoms with Crippen molar-refractivity contribution in [2.24, 2.45) is 0 Å². The Morgan fingerprint density at radius 3 is 2.59 bits per heavy atom. The number of anilines is 1. The summed E-state index contributed by atoms with van der Waals surface area (Å²) in [4.78, 5) is 4.38. The lowest BCUT2D eigenvalue weighted by molar-refractivity contribution is 0.767. The zero-order valence-corrected chi connectivity index (χ0v) is 10.6. The Hall–Kier alpha value is -1.84. The molecule has 0 unspecified atom stereocenters. The lowest BCUT2D eigenvalue weighted by Gasteiger charge is -2.08. The quantitative estimate of drug-likeness (QED) is 0.880. The molecule has 0 aliphatic carbocycles. The summed E-state index contributed by atoms with van der Waals surface area (Å²) >= 11 is 0. The molecule has 2 N–H and O–H groups in total. The molecule has 2 heterocycles. The largest absolute Gasteiger partial charge is 0.397 e. The molecule has 0 aliphatic heterocycles. The molecule has 0 saturated heterocycles. The molecule has 0 saturated carbocycles. The minimum Gasteiger partial charge on any atom is -0.397 e. The van der Waals surface area contributed by atoms with Crippen LogP contribution in [-0.2, 0) is 12.8 Å². The van der Waals surface area contributed by atoms with Gasteiger partial charge < -0.3 is 5.73 Å². The number of aryl methyl sites for hydroxylation is 3. The van der Waals surface area contributed by atoms with E-state index in [1.807, 2.05) is 17.7 Å². The van der Waals surface area contributed by atoms with Crippen molar-refractivity contribution in [1.82, 2.24) is 14.8 Å². The molecular weight excluding hydrogens is 212 g/mol. The van der Waals surface area contributed by atoms with Crippen molar-refractivity contribution in [2.75, 3.05) is 5.73 Å². The molecule has 0 atom stereocenters. The maximum Gasteiger partial charge on any atom is 0.156 e. The summed E-state index contributed by atoms with van der Waals surface area (Å²) in [5.41, 5.74) is 9.73. The first kappa shape index (κ1) is 11.6. The number of pyridine rings is 1. The number of nitrogens with two attached hydrogens (primary N) is 1. The van der Waals surface area contributed by atoms with Crippen LogP contribution in [0.3, 0.4) is 0 Å². The van der Waals surface area contributed by atoms with Gasteiger partial charge in [0.1, 0.15) is 0 Å². The maximum absolute atomic E-state index is 5.72. The van der Waals surface area contributed by atoms with E-state index in [0.717, 1.165) is 29.9 Å². The van der Waals surface area contributed by atoms with Crippen molar-refractivity contribution >= 4 is 5.69 Å². The zero-order valence-electron chi connectivity index (χ0n) is 10.6. The molecule has 4 nitrogen and oxygen atoms in total. The van der Waals surface area contributed by atoms with Crippen LogP contribution in [-0.4, -0.2) is 14.8 Å². The minimum absolute atomic E-state index is 0.687. The Morgan fingerprint density at radius 1 is 1.24 bits per heavy atom. The van der Waals surface area contributed by atoms with E-state index in [9.17, 15) is 0 Å². The third kappa shape index (κ3) is 2.16. The third-order valence-corrected chi connectivity index (χ3v) is 2.83. The normalized spacial score (nSPS) is 10.8. The second kappa shape index (κ2) is 4.57. The van der Waals surface area contributed by atoms with Crippen LogP contribution in [0.25, 0.3) is 5.82 Å². The van der Waals surface area contributed by atoms with Gasteiger partial charge in [-0.15, -0.1) is 0 Å². The van der Waals surface area contributed by atoms with E-state index in [-0.39, 0.29) is 0 Å². The molecule has 90 valence electrons. The second-order valence-electron chi connectivity index (χ2n) is 4.16. The fourth-order valence-corrected chi connectivity index (χ4v) is 1.89. The van der Waals surface area contributed by atoms with Gasteiger partial charge in [0, 0.05) is 5.69 Å². The molecule has 0 fully saturated rings. The first-order valence-corrected chi connectivity index (χ1v) is 5.96. The van der Waals surface area contributed by atoms with Crippen molar-refractivity contribution in [1.29, 1.82) is 0 Å². The van der Waals surface area contributed by atoms with Crippen molar-refractivity contribution in [3.8, 4) is 5.82 Å². The third-order valence-electron chi connectivity index (χ3n) is 2.83. The van der Waals surface area contributed by atoms with Gasteiger partial charge >= 0.3 is 0 Å². The van der Waals surface area contributed by atoms with Crippen molar-refractivity contribution < 1.29 is 0 Å². The first-order valence-electron chi connectivity index (χ1n) is 5.96. The summed E-state index contributed by atoms with van der Waals surface area (Å²) in [6, 6.07) is 4.06. The summed E-state index contributed by atoms with van der Waals surface area (Å²) in [5.74, 6) is 0.871. The number of hydrogen-bond donors (Lipinski definition) is 1. The van der Waals surface area contributed by atoms with Gasteiger partial charge in [0.25, 0.3) is 0 Å². The standard InChI is InChI=1S/C13H18N4/c1-4-11-7-12(5-2)17(16-11)13-9(3)6-10(14)8-15-13/h6-8H,4-5,14H2,1-3H3. The molecule has 0 aromatic carbocycles. The molecule has 0 radical (unpaired) electrons. The SMILES string of the molecule is CCc1cc(CC)n(-c2ncc(N)cc2C)n1. The fraction of sp³-hybridized carbons (Fsp3) is 0.385. The molecule has 2 aromatic heterocycles. The van der Waals surface area contributed by atoms with E-state index >= 15 is 0 Å². The Labute approximate surface area is 101 Å². The molecule has 17 heavy (non-hydrogen) atoms. The summed E-state index contributed by atoms with van der Waals surface area (Å²) < 4.78 is 1.92. The van der Waals surface area contributed by atoms with Gasteiger partial charge in [0.15, 0.2) is 5.82 Å². The van der Waals surface area contributed by atoms with Gasteiger partial charge in [0.05, 0.1) is 17.6 Å². The van der Waals surface area contributed by atoms with Gasteiger partial charge in [-0.3, -0.25) is 0 Å². The predicted octanol–water partition coefficient (Wildman–Crippen LogP) is 2.28. The van der Waals surface area contributed by atoms with Crippen LogP contribution in [0.5, 0.6) is 0 Å². The van der Waals surface area contributed by atoms with E-state index in [2.05, 4.69) is 30.0 Å². The molecule has 2 rings (SSSR count). The lowest BCUT2D eigenvalue weighted by Crippen LogP contribution is -2.06. The van der Waals surface area contributed by atoms with Crippen LogP contribution >= 0.6 is 0 Å². The topological polar surface area (TPSA) is 56.7 Å². The Kier molecular flexibility index (Phi) is 3.13. The Morgan fingerprint density at radius 2 is 2.00 bits per heavy atom. The zero-order chi connectivity index (χ0) is 12.4. The Balaban J connectivity index is 2.55. The molecule has 0 aliphatic rings. The average molecular weight is 230 g/mol. The lowest BCUT2D eigenvalue weighted by atomic mass is 10.2. The monoisotopic (exact) mass is 230 g/mol. The van der Waals surface area contributed by atoms with Gasteiger partial charge in [-0.25, -0.2) is 9.67 Å². The van der Waals surface area contributed by atoms with E-state index in [0.29, 0.717) is 5.69 Å². The number of nitrogens with zero attached hydrogens (tertiary/aromatic N) is 3. The van der Waals surface area contributed by atoms with E-state index in [1.54, 1.807) is 6.20 Å². The minimum atomic E-state index is 0.687. The van der Waals surface area contributed by atoms with E-state index < -0.39 is 0 Å². The van der Waals surface area contributed by atoms with Crippen molar-refractivity contribution in [3.63, 3.8) is 0 Å². The van der Waals surface area contributed by atoms with Crippen LogP contribution in [0.15, 0.2) is 18.3 Å². The highest BCUT2D eigenvalue weighted by Crippen LogP contribution is 2.17. The van der Waals surface area contributed by atoms with Crippen LogP contribution in [0.2, 0.25) is 0 Å². The highest BCUT2D eigenvalue weighted by Gasteiger charge is 2.10. The molecule has 0 bridgehead atoms. The highest BCUT2D eigenvalue weighted by molar-refractivity contribution is 5.45. The number of nitrogen functional groups attached to an aromatic ring is 1. The smallest absolute Gasteiger partial charge is 0.156 e. The van der Waals surface area contributed by atoms with E-state index in [4.69, 9.17) is 5.73 Å². The first-order chi connectivity index (χ1) is 8.15. The molecule has 0 amide bonds. The maximum atomic E-state index is 5.72. The summed E-state index contributed by atoms with van der Waals surface area (Å²) in [6.45, 7) is 6.24. The van der Waals surface area contributed by atoms with Crippen LogP contribution in [0.4, 0.5) is 5.69 Å². The van der Waals surface area contributed by atoms with Crippen LogP contribution in [0.1, 0.15) is 30.8 Å². The van der Waals surface area contributed by atoms with Gasteiger partial charge in [-0.1, -0.05) is 13.8 Å². The molecular formula is C13H18N4. The highest BCUT2D eigenvalue weighted by atomic mass is 15.3. The predicted molar refractivity (Wildman–Crippen MR) is 69.3 cm³/mol. The van der Waals surface area contributed by atoms with E-state index in [1.165, 1.54) is 5.69 Å². The summed E-state index contributed by atoms with van der Waals surface area (Å²) in [5, 5.41) is 4.57. The molecule has 0 spiro atoms. The molecule has 2 aromatic rings. The van der Waals surface area contributed by atoms with Gasteiger partial charge in [-0.2, -0.15) is 5.10 Å². The number of hydrogen-bond acceptors (Lipinski definition) is 3. The summed E-state index contributed by atoms with van der Waals surface area (Å²) in [6.07, 6.45) is 3.56. The van der Waals surface area contributed by atoms with Crippen LogP contribution < -0.4 is 5.73 Å². The molecule has 4 heteroatoms. The van der Waals surface area contributed by atoms with Crippen LogP contribution in [0, 0.1) is 6.92 Å².